The van der Waals surface area contributed by atoms with E-state index in [0.29, 0.717) is 12.8 Å². The molecule has 0 heterocycles. The highest BCUT2D eigenvalue weighted by atomic mass is 32.2. The second-order valence-corrected chi connectivity index (χ2v) is 5.40. The van der Waals surface area contributed by atoms with Gasteiger partial charge in [0, 0.05) is 6.42 Å². The van der Waals surface area contributed by atoms with Crippen molar-refractivity contribution in [3.05, 3.63) is 0 Å². The molecule has 8 heteroatoms. The molecular formula is C11H17F5O2S. The van der Waals surface area contributed by atoms with E-state index >= 15 is 0 Å². The molecule has 0 saturated heterocycles. The minimum absolute atomic E-state index is 0.0719. The van der Waals surface area contributed by atoms with E-state index in [9.17, 15) is 26.7 Å². The lowest BCUT2D eigenvalue weighted by atomic mass is 10.1. The van der Waals surface area contributed by atoms with Gasteiger partial charge in [-0.3, -0.25) is 4.79 Å². The monoisotopic (exact) mass is 308 g/mol. The van der Waals surface area contributed by atoms with Crippen LogP contribution in [0.3, 0.4) is 0 Å². The molecule has 2 unspecified atom stereocenters. The molecule has 0 aliphatic carbocycles. The maximum atomic E-state index is 12.9. The van der Waals surface area contributed by atoms with Gasteiger partial charge in [-0.05, 0) is 18.6 Å². The lowest BCUT2D eigenvalue weighted by molar-refractivity contribution is -0.136. The fourth-order valence-corrected chi connectivity index (χ4v) is 2.54. The summed E-state index contributed by atoms with van der Waals surface area (Å²) in [7, 11) is 0. The summed E-state index contributed by atoms with van der Waals surface area (Å²) < 4.78 is 62.0. The molecule has 2 atom stereocenters. The Kier molecular flexibility index (Phi) is 8.36. The molecule has 0 aromatic heterocycles. The lowest BCUT2D eigenvalue weighted by Gasteiger charge is -2.20. The first-order chi connectivity index (χ1) is 8.72. The Morgan fingerprint density at radius 3 is 2.32 bits per heavy atom. The van der Waals surface area contributed by atoms with Gasteiger partial charge in [0.25, 0.3) is 12.3 Å². The molecule has 0 saturated carbocycles. The second kappa shape index (κ2) is 8.60. The third-order valence-electron chi connectivity index (χ3n) is 2.42. The molecule has 19 heavy (non-hydrogen) atoms. The number of carboxylic acid groups (broad SMARTS) is 1. The van der Waals surface area contributed by atoms with Crippen LogP contribution in [0, 0.1) is 0 Å². The van der Waals surface area contributed by atoms with E-state index in [0.717, 1.165) is 11.8 Å². The molecule has 114 valence electrons. The van der Waals surface area contributed by atoms with Crippen LogP contribution < -0.4 is 0 Å². The average Bonchev–Trinajstić information content (AvgIpc) is 2.31. The van der Waals surface area contributed by atoms with E-state index in [4.69, 9.17) is 5.11 Å². The average molecular weight is 308 g/mol. The van der Waals surface area contributed by atoms with Crippen LogP contribution in [0.4, 0.5) is 22.0 Å². The minimum atomic E-state index is -4.07. The summed E-state index contributed by atoms with van der Waals surface area (Å²) in [6.07, 6.45) is -7.36. The molecule has 0 aliphatic rings. The number of carboxylic acids is 1. The van der Waals surface area contributed by atoms with E-state index in [-0.39, 0.29) is 12.2 Å². The van der Waals surface area contributed by atoms with Crippen LogP contribution in [0.2, 0.25) is 0 Å². The summed E-state index contributed by atoms with van der Waals surface area (Å²) in [5.74, 6) is -5.03. The van der Waals surface area contributed by atoms with Gasteiger partial charge in [0.1, 0.15) is 5.25 Å². The Morgan fingerprint density at radius 2 is 1.89 bits per heavy atom. The molecule has 0 rings (SSSR count). The van der Waals surface area contributed by atoms with Crippen molar-refractivity contribution in [2.24, 2.45) is 0 Å². The van der Waals surface area contributed by atoms with Crippen LogP contribution in [0.15, 0.2) is 0 Å². The van der Waals surface area contributed by atoms with Gasteiger partial charge in [0.05, 0.1) is 0 Å². The maximum Gasteiger partial charge on any atom is 0.316 e. The number of alkyl halides is 5. The number of halogens is 5. The second-order valence-electron chi connectivity index (χ2n) is 4.09. The van der Waals surface area contributed by atoms with Crippen molar-refractivity contribution in [3.8, 4) is 0 Å². The van der Waals surface area contributed by atoms with Crippen molar-refractivity contribution < 1.29 is 31.9 Å². The lowest BCUT2D eigenvalue weighted by Crippen LogP contribution is -2.35. The number of hydrogen-bond donors (Lipinski definition) is 1. The van der Waals surface area contributed by atoms with Gasteiger partial charge in [0.15, 0.2) is 0 Å². The molecule has 2 nitrogen and oxygen atoms in total. The minimum Gasteiger partial charge on any atom is -0.480 e. The van der Waals surface area contributed by atoms with Crippen LogP contribution in [0.1, 0.15) is 32.6 Å². The van der Waals surface area contributed by atoms with Gasteiger partial charge in [-0.1, -0.05) is 13.3 Å². The molecule has 1 N–H and O–H groups in total. The largest absolute Gasteiger partial charge is 0.480 e. The van der Waals surface area contributed by atoms with Crippen LogP contribution >= 0.6 is 11.8 Å². The first-order valence-electron chi connectivity index (χ1n) is 5.86. The van der Waals surface area contributed by atoms with Crippen molar-refractivity contribution in [1.29, 1.82) is 0 Å². The molecule has 0 radical (unpaired) electrons. The molecule has 0 fully saturated rings. The van der Waals surface area contributed by atoms with Crippen molar-refractivity contribution >= 4 is 17.7 Å². The van der Waals surface area contributed by atoms with E-state index in [1.165, 1.54) is 0 Å². The third kappa shape index (κ3) is 6.98. The van der Waals surface area contributed by atoms with Gasteiger partial charge >= 0.3 is 5.97 Å². The predicted octanol–water partition coefficient (Wildman–Crippen LogP) is 3.99. The highest BCUT2D eigenvalue weighted by molar-refractivity contribution is 8.00. The first kappa shape index (κ1) is 18.5. The number of thioether (sulfide) groups is 1. The smallest absolute Gasteiger partial charge is 0.316 e. The van der Waals surface area contributed by atoms with E-state index in [1.807, 2.05) is 0 Å². The van der Waals surface area contributed by atoms with Gasteiger partial charge in [-0.2, -0.15) is 0 Å². The van der Waals surface area contributed by atoms with Crippen molar-refractivity contribution in [3.63, 3.8) is 0 Å². The Morgan fingerprint density at radius 1 is 1.32 bits per heavy atom. The molecule has 0 bridgehead atoms. The van der Waals surface area contributed by atoms with Gasteiger partial charge < -0.3 is 5.11 Å². The summed E-state index contributed by atoms with van der Waals surface area (Å²) in [5, 5.41) is 8.10. The quantitative estimate of drug-likeness (QED) is 0.490. The summed E-state index contributed by atoms with van der Waals surface area (Å²) in [4.78, 5) is 10.7. The number of aliphatic carboxylic acids is 1. The van der Waals surface area contributed by atoms with E-state index in [1.54, 1.807) is 6.92 Å². The molecule has 0 spiro atoms. The molecule has 0 amide bonds. The number of hydrogen-bond acceptors (Lipinski definition) is 2. The van der Waals surface area contributed by atoms with Crippen molar-refractivity contribution in [2.75, 3.05) is 5.75 Å². The summed E-state index contributed by atoms with van der Waals surface area (Å²) >= 11 is 0.972. The summed E-state index contributed by atoms with van der Waals surface area (Å²) in [6.45, 7) is 1.79. The fourth-order valence-electron chi connectivity index (χ4n) is 1.40. The highest BCUT2D eigenvalue weighted by Gasteiger charge is 2.45. The standard InChI is InChI=1S/C11H17F5O2S/c1-2-4-7(10(17)18)19-6-3-5-11(15,16)8(12)9(13)14/h7-9H,2-6H2,1H3,(H,17,18). The Bertz CT molecular complexity index is 276. The zero-order valence-electron chi connectivity index (χ0n) is 10.4. The summed E-state index contributed by atoms with van der Waals surface area (Å²) in [5.41, 5.74) is 0. The Labute approximate surface area is 112 Å². The Hall–Kier alpha value is -0.530. The normalized spacial score (nSPS) is 15.5. The molecule has 0 aromatic carbocycles. The van der Waals surface area contributed by atoms with E-state index in [2.05, 4.69) is 0 Å². The zero-order valence-corrected chi connectivity index (χ0v) is 11.2. The van der Waals surface area contributed by atoms with Gasteiger partial charge in [-0.15, -0.1) is 11.8 Å². The van der Waals surface area contributed by atoms with E-state index < -0.39 is 36.2 Å². The molecule has 0 aromatic rings. The topological polar surface area (TPSA) is 37.3 Å². The Balaban J connectivity index is 4.05. The van der Waals surface area contributed by atoms with Crippen LogP contribution in [0.25, 0.3) is 0 Å². The number of carbonyl (C=O) groups is 1. The van der Waals surface area contributed by atoms with Crippen molar-refractivity contribution in [1.82, 2.24) is 0 Å². The summed E-state index contributed by atoms with van der Waals surface area (Å²) in [6, 6.07) is 0. The van der Waals surface area contributed by atoms with Crippen LogP contribution in [0.5, 0.6) is 0 Å². The maximum absolute atomic E-state index is 12.9. The predicted molar refractivity (Wildman–Crippen MR) is 63.9 cm³/mol. The molecular weight excluding hydrogens is 291 g/mol. The first-order valence-corrected chi connectivity index (χ1v) is 6.91. The zero-order chi connectivity index (χ0) is 15.1. The number of rotatable bonds is 10. The van der Waals surface area contributed by atoms with Crippen LogP contribution in [-0.2, 0) is 4.79 Å². The third-order valence-corrected chi connectivity index (χ3v) is 3.79. The van der Waals surface area contributed by atoms with Crippen molar-refractivity contribution in [2.45, 2.75) is 56.4 Å². The molecule has 0 aliphatic heterocycles. The SMILES string of the molecule is CCCC(SCCCC(F)(F)C(F)C(F)F)C(=O)O. The van der Waals surface area contributed by atoms with Crippen LogP contribution in [-0.4, -0.2) is 40.6 Å². The fraction of sp³-hybridized carbons (Fsp3) is 0.909. The van der Waals surface area contributed by atoms with Gasteiger partial charge in [-0.25, -0.2) is 22.0 Å². The van der Waals surface area contributed by atoms with Gasteiger partial charge in [0.2, 0.25) is 6.17 Å². The highest BCUT2D eigenvalue weighted by Crippen LogP contribution is 2.32.